The van der Waals surface area contributed by atoms with Gasteiger partial charge in [0.05, 0.1) is 0 Å². The molecule has 0 unspecified atom stereocenters. The van der Waals surface area contributed by atoms with E-state index in [1.165, 1.54) is 0 Å². The van der Waals surface area contributed by atoms with Crippen molar-refractivity contribution in [2.45, 2.75) is 13.8 Å². The number of benzene rings is 2. The van der Waals surface area contributed by atoms with Crippen LogP contribution in [0.4, 0.5) is 5.69 Å². The lowest BCUT2D eigenvalue weighted by atomic mass is 10.1. The van der Waals surface area contributed by atoms with Crippen molar-refractivity contribution in [2.24, 2.45) is 0 Å². The van der Waals surface area contributed by atoms with Crippen LogP contribution in [0.2, 0.25) is 0 Å². The summed E-state index contributed by atoms with van der Waals surface area (Å²) in [7, 11) is 0. The fourth-order valence-corrected chi connectivity index (χ4v) is 2.04. The number of carbonyl (C=O) groups excluding carboxylic acids is 1. The first-order chi connectivity index (χ1) is 11.1. The van der Waals surface area contributed by atoms with E-state index in [0.717, 1.165) is 16.9 Å². The van der Waals surface area contributed by atoms with Gasteiger partial charge >= 0.3 is 0 Å². The third-order valence-corrected chi connectivity index (χ3v) is 3.40. The first-order valence-electron chi connectivity index (χ1n) is 7.43. The highest BCUT2D eigenvalue weighted by Gasteiger charge is 2.07. The van der Waals surface area contributed by atoms with E-state index in [9.17, 15) is 4.79 Å². The molecule has 0 heterocycles. The zero-order valence-electron chi connectivity index (χ0n) is 13.5. The lowest BCUT2D eigenvalue weighted by Crippen LogP contribution is -2.20. The minimum Gasteiger partial charge on any atom is -0.489 e. The largest absolute Gasteiger partial charge is 0.489 e. The van der Waals surface area contributed by atoms with Crippen LogP contribution in [0, 0.1) is 13.8 Å². The topological polar surface area (TPSA) is 47.6 Å². The lowest BCUT2D eigenvalue weighted by molar-refractivity contribution is -0.118. The van der Waals surface area contributed by atoms with E-state index >= 15 is 0 Å². The van der Waals surface area contributed by atoms with Gasteiger partial charge in [0.25, 0.3) is 5.91 Å². The second-order valence-electron chi connectivity index (χ2n) is 5.16. The van der Waals surface area contributed by atoms with Crippen molar-refractivity contribution in [1.82, 2.24) is 0 Å². The molecule has 4 nitrogen and oxygen atoms in total. The number of nitrogens with one attached hydrogen (secondary N) is 1. The molecule has 4 heteroatoms. The Morgan fingerprint density at radius 2 is 1.96 bits per heavy atom. The maximum Gasteiger partial charge on any atom is 0.262 e. The van der Waals surface area contributed by atoms with Crippen LogP contribution in [0.25, 0.3) is 0 Å². The average Bonchev–Trinajstić information content (AvgIpc) is 2.54. The van der Waals surface area contributed by atoms with Crippen LogP contribution < -0.4 is 14.8 Å². The number of carbonyl (C=O) groups is 1. The number of anilines is 1. The third kappa shape index (κ3) is 4.88. The summed E-state index contributed by atoms with van der Waals surface area (Å²) < 4.78 is 11.0. The van der Waals surface area contributed by atoms with E-state index in [1.54, 1.807) is 18.2 Å². The van der Waals surface area contributed by atoms with Gasteiger partial charge in [-0.2, -0.15) is 0 Å². The summed E-state index contributed by atoms with van der Waals surface area (Å²) in [6.45, 7) is 7.97. The van der Waals surface area contributed by atoms with Crippen LogP contribution in [0.1, 0.15) is 11.1 Å². The Morgan fingerprint density at radius 3 is 2.74 bits per heavy atom. The fraction of sp³-hybridized carbons (Fsp3) is 0.211. The van der Waals surface area contributed by atoms with E-state index in [-0.39, 0.29) is 12.5 Å². The van der Waals surface area contributed by atoms with Gasteiger partial charge in [0, 0.05) is 11.8 Å². The molecule has 0 fully saturated rings. The lowest BCUT2D eigenvalue weighted by Gasteiger charge is -2.11. The third-order valence-electron chi connectivity index (χ3n) is 3.40. The normalized spacial score (nSPS) is 10.0. The number of aryl methyl sites for hydroxylation is 1. The van der Waals surface area contributed by atoms with E-state index < -0.39 is 0 Å². The molecule has 0 saturated carbocycles. The Labute approximate surface area is 136 Å². The van der Waals surface area contributed by atoms with E-state index in [0.29, 0.717) is 18.0 Å². The van der Waals surface area contributed by atoms with Crippen molar-refractivity contribution in [2.75, 3.05) is 18.5 Å². The Hall–Kier alpha value is -2.75. The molecular formula is C19H21NO3. The summed E-state index contributed by atoms with van der Waals surface area (Å²) in [5, 5.41) is 2.79. The van der Waals surface area contributed by atoms with Crippen LogP contribution in [0.3, 0.4) is 0 Å². The molecule has 0 spiro atoms. The second-order valence-corrected chi connectivity index (χ2v) is 5.16. The average molecular weight is 311 g/mol. The van der Waals surface area contributed by atoms with Gasteiger partial charge in [-0.05, 0) is 43.2 Å². The number of rotatable bonds is 7. The minimum absolute atomic E-state index is 0.0396. The molecule has 0 atom stereocenters. The second kappa shape index (κ2) is 8.03. The molecule has 0 saturated heterocycles. The molecule has 2 aromatic carbocycles. The molecule has 0 aliphatic carbocycles. The van der Waals surface area contributed by atoms with Crippen molar-refractivity contribution in [3.63, 3.8) is 0 Å². The molecule has 0 radical (unpaired) electrons. The highest BCUT2D eigenvalue weighted by Crippen LogP contribution is 2.21. The minimum atomic E-state index is -0.216. The van der Waals surface area contributed by atoms with Gasteiger partial charge < -0.3 is 14.8 Å². The van der Waals surface area contributed by atoms with Crippen LogP contribution in [0.15, 0.2) is 55.1 Å². The summed E-state index contributed by atoms with van der Waals surface area (Å²) in [6.07, 6.45) is 1.67. The molecule has 0 aliphatic rings. The van der Waals surface area contributed by atoms with E-state index in [4.69, 9.17) is 9.47 Å². The number of hydrogen-bond donors (Lipinski definition) is 1. The summed E-state index contributed by atoms with van der Waals surface area (Å²) in [5.41, 5.74) is 2.84. The van der Waals surface area contributed by atoms with E-state index in [1.807, 2.05) is 44.2 Å². The maximum absolute atomic E-state index is 12.0. The molecule has 1 N–H and O–H groups in total. The van der Waals surface area contributed by atoms with Crippen molar-refractivity contribution < 1.29 is 14.3 Å². The molecule has 0 aromatic heterocycles. The summed E-state index contributed by atoms with van der Waals surface area (Å²) >= 11 is 0. The smallest absolute Gasteiger partial charge is 0.262 e. The quantitative estimate of drug-likeness (QED) is 0.789. The first-order valence-corrected chi connectivity index (χ1v) is 7.43. The Morgan fingerprint density at radius 1 is 1.17 bits per heavy atom. The molecule has 0 bridgehead atoms. The maximum atomic E-state index is 12.0. The number of ether oxygens (including phenoxy) is 2. The molecule has 2 rings (SSSR count). The molecule has 120 valence electrons. The Kier molecular flexibility index (Phi) is 5.80. The van der Waals surface area contributed by atoms with Gasteiger partial charge in [0.2, 0.25) is 0 Å². The predicted molar refractivity (Wildman–Crippen MR) is 92.2 cm³/mol. The number of hydrogen-bond acceptors (Lipinski definition) is 3. The molecular weight excluding hydrogens is 290 g/mol. The van der Waals surface area contributed by atoms with Gasteiger partial charge in [-0.15, -0.1) is 0 Å². The molecule has 0 aliphatic heterocycles. The van der Waals surface area contributed by atoms with Crippen LogP contribution in [-0.4, -0.2) is 19.1 Å². The fourth-order valence-electron chi connectivity index (χ4n) is 2.04. The Balaban J connectivity index is 1.92. The monoisotopic (exact) mass is 311 g/mol. The van der Waals surface area contributed by atoms with Crippen LogP contribution in [-0.2, 0) is 4.79 Å². The van der Waals surface area contributed by atoms with Gasteiger partial charge in [-0.1, -0.05) is 30.9 Å². The van der Waals surface area contributed by atoms with Crippen molar-refractivity contribution >= 4 is 11.6 Å². The zero-order valence-corrected chi connectivity index (χ0v) is 13.5. The van der Waals surface area contributed by atoms with Gasteiger partial charge in [-0.3, -0.25) is 4.79 Å². The molecule has 1 amide bonds. The van der Waals surface area contributed by atoms with Gasteiger partial charge in [0.15, 0.2) is 6.61 Å². The predicted octanol–water partition coefficient (Wildman–Crippen LogP) is 3.89. The van der Waals surface area contributed by atoms with E-state index in [2.05, 4.69) is 11.9 Å². The molecule has 23 heavy (non-hydrogen) atoms. The summed E-state index contributed by atoms with van der Waals surface area (Å²) in [5.74, 6) is 1.19. The van der Waals surface area contributed by atoms with Crippen LogP contribution in [0.5, 0.6) is 11.5 Å². The highest BCUT2D eigenvalue weighted by atomic mass is 16.5. The number of amides is 1. The first kappa shape index (κ1) is 16.6. The summed E-state index contributed by atoms with van der Waals surface area (Å²) in [4.78, 5) is 12.0. The standard InChI is InChI=1S/C19H21NO3/c1-4-11-22-17-9-6-8-16(12-17)20-19(21)13-23-18-10-5-7-14(2)15(18)3/h4-10,12H,1,11,13H2,2-3H3,(H,20,21). The van der Waals surface area contributed by atoms with Gasteiger partial charge in [-0.25, -0.2) is 0 Å². The van der Waals surface area contributed by atoms with Crippen molar-refractivity contribution in [3.05, 3.63) is 66.2 Å². The van der Waals surface area contributed by atoms with Gasteiger partial charge in [0.1, 0.15) is 18.1 Å². The van der Waals surface area contributed by atoms with Crippen LogP contribution >= 0.6 is 0 Å². The zero-order chi connectivity index (χ0) is 16.7. The summed E-state index contributed by atoms with van der Waals surface area (Å²) in [6, 6.07) is 13.0. The highest BCUT2D eigenvalue weighted by molar-refractivity contribution is 5.92. The van der Waals surface area contributed by atoms with Crippen molar-refractivity contribution in [1.29, 1.82) is 0 Å². The SMILES string of the molecule is C=CCOc1cccc(NC(=O)COc2cccc(C)c2C)c1. The van der Waals surface area contributed by atoms with Crippen molar-refractivity contribution in [3.8, 4) is 11.5 Å². The Bertz CT molecular complexity index is 695. The molecule has 2 aromatic rings.